The molecule has 0 aliphatic carbocycles. The number of pyridine rings is 1. The Morgan fingerprint density at radius 1 is 1.39 bits per heavy atom. The van der Waals surface area contributed by atoms with Crippen LogP contribution in [-0.4, -0.2) is 45.5 Å². The minimum atomic E-state index is 0.000279. The van der Waals surface area contributed by atoms with E-state index in [1.165, 1.54) is 21.6 Å². The number of anilines is 1. The number of aliphatic hydroxyl groups is 2. The average molecular weight is 358 g/mol. The van der Waals surface area contributed by atoms with Crippen LogP contribution in [-0.2, 0) is 11.3 Å². The Morgan fingerprint density at radius 3 is 2.70 bits per heavy atom. The van der Waals surface area contributed by atoms with Gasteiger partial charge in [0.1, 0.15) is 5.82 Å². The summed E-state index contributed by atoms with van der Waals surface area (Å²) in [5.41, 5.74) is 8.28. The zero-order valence-electron chi connectivity index (χ0n) is 13.4. The average Bonchev–Trinajstić information content (AvgIpc) is 2.53. The third-order valence-electron chi connectivity index (χ3n) is 3.13. The van der Waals surface area contributed by atoms with Crippen molar-refractivity contribution < 1.29 is 15.0 Å². The Balaban J connectivity index is 2.94. The third kappa shape index (κ3) is 6.42. The van der Waals surface area contributed by atoms with E-state index < -0.39 is 0 Å². The first-order valence-electron chi connectivity index (χ1n) is 7.18. The molecule has 4 N–H and O–H groups in total. The SMILES string of the molecule is C/C(=C(\CCO)SSCCO)N(C=O)Cc1ccc(C)nc1N. The maximum Gasteiger partial charge on any atom is 0.214 e. The lowest BCUT2D eigenvalue weighted by Gasteiger charge is -2.22. The molecule has 0 aliphatic heterocycles. The predicted molar refractivity (Wildman–Crippen MR) is 96.5 cm³/mol. The lowest BCUT2D eigenvalue weighted by molar-refractivity contribution is -0.116. The van der Waals surface area contributed by atoms with Gasteiger partial charge in [0.05, 0.1) is 13.2 Å². The minimum Gasteiger partial charge on any atom is -0.396 e. The number of nitrogens with zero attached hydrogens (tertiary/aromatic N) is 2. The lowest BCUT2D eigenvalue weighted by Crippen LogP contribution is -2.21. The molecule has 23 heavy (non-hydrogen) atoms. The van der Waals surface area contributed by atoms with E-state index in [2.05, 4.69) is 4.98 Å². The first-order chi connectivity index (χ1) is 11.0. The summed E-state index contributed by atoms with van der Waals surface area (Å²) < 4.78 is 0. The molecular formula is C15H23N3O3S2. The highest BCUT2D eigenvalue weighted by molar-refractivity contribution is 8.78. The smallest absolute Gasteiger partial charge is 0.214 e. The summed E-state index contributed by atoms with van der Waals surface area (Å²) in [5, 5.41) is 18.1. The molecule has 0 bridgehead atoms. The van der Waals surface area contributed by atoms with Crippen LogP contribution in [0.3, 0.4) is 0 Å². The second kappa shape index (κ2) is 10.5. The van der Waals surface area contributed by atoms with Crippen molar-refractivity contribution in [2.75, 3.05) is 24.7 Å². The number of rotatable bonds is 10. The fraction of sp³-hybridized carbons (Fsp3) is 0.467. The van der Waals surface area contributed by atoms with Gasteiger partial charge in [-0.25, -0.2) is 4.98 Å². The van der Waals surface area contributed by atoms with Crippen LogP contribution in [0.2, 0.25) is 0 Å². The molecule has 6 nitrogen and oxygen atoms in total. The lowest BCUT2D eigenvalue weighted by atomic mass is 10.2. The highest BCUT2D eigenvalue weighted by Gasteiger charge is 2.13. The van der Waals surface area contributed by atoms with Crippen LogP contribution in [0.4, 0.5) is 5.82 Å². The zero-order valence-corrected chi connectivity index (χ0v) is 15.0. The summed E-state index contributed by atoms with van der Waals surface area (Å²) in [7, 11) is 2.96. The van der Waals surface area contributed by atoms with Crippen LogP contribution in [0.5, 0.6) is 0 Å². The number of aryl methyl sites for hydroxylation is 1. The van der Waals surface area contributed by atoms with Gasteiger partial charge in [0.2, 0.25) is 6.41 Å². The number of aromatic nitrogens is 1. The summed E-state index contributed by atoms with van der Waals surface area (Å²) in [6.45, 7) is 4.11. The molecule has 0 aliphatic rings. The maximum absolute atomic E-state index is 11.5. The largest absolute Gasteiger partial charge is 0.396 e. The molecule has 8 heteroatoms. The summed E-state index contributed by atoms with van der Waals surface area (Å²) in [5.74, 6) is 0.999. The van der Waals surface area contributed by atoms with E-state index in [0.717, 1.165) is 28.3 Å². The van der Waals surface area contributed by atoms with Gasteiger partial charge in [0, 0.05) is 40.6 Å². The molecule has 0 unspecified atom stereocenters. The van der Waals surface area contributed by atoms with E-state index in [9.17, 15) is 9.90 Å². The van der Waals surface area contributed by atoms with Crippen molar-refractivity contribution >= 4 is 33.8 Å². The van der Waals surface area contributed by atoms with E-state index in [0.29, 0.717) is 24.5 Å². The van der Waals surface area contributed by atoms with Crippen LogP contribution in [0.15, 0.2) is 22.7 Å². The second-order valence-electron chi connectivity index (χ2n) is 4.84. The van der Waals surface area contributed by atoms with Gasteiger partial charge in [-0.3, -0.25) is 4.79 Å². The zero-order chi connectivity index (χ0) is 17.2. The van der Waals surface area contributed by atoms with Crippen molar-refractivity contribution in [1.82, 2.24) is 9.88 Å². The molecular weight excluding hydrogens is 334 g/mol. The number of allylic oxidation sites excluding steroid dienone is 1. The fourth-order valence-corrected chi connectivity index (χ4v) is 4.08. The molecule has 1 rings (SSSR count). The Kier molecular flexibility index (Phi) is 9.08. The van der Waals surface area contributed by atoms with Gasteiger partial charge in [0.25, 0.3) is 0 Å². The van der Waals surface area contributed by atoms with Crippen LogP contribution in [0.25, 0.3) is 0 Å². The number of nitrogens with two attached hydrogens (primary N) is 1. The molecule has 0 atom stereocenters. The minimum absolute atomic E-state index is 0.000279. The van der Waals surface area contributed by atoms with E-state index in [1.807, 2.05) is 26.0 Å². The first kappa shape index (κ1) is 19.8. The van der Waals surface area contributed by atoms with Crippen molar-refractivity contribution in [3.8, 4) is 0 Å². The van der Waals surface area contributed by atoms with Gasteiger partial charge in [-0.2, -0.15) is 0 Å². The molecule has 1 aromatic rings. The first-order valence-corrected chi connectivity index (χ1v) is 9.50. The summed E-state index contributed by atoms with van der Waals surface area (Å²) in [6.07, 6.45) is 1.21. The van der Waals surface area contributed by atoms with Gasteiger partial charge in [-0.15, -0.1) is 0 Å². The normalized spacial score (nSPS) is 12.0. The van der Waals surface area contributed by atoms with Crippen molar-refractivity contribution in [2.24, 2.45) is 0 Å². The van der Waals surface area contributed by atoms with Crippen molar-refractivity contribution in [2.45, 2.75) is 26.8 Å². The van der Waals surface area contributed by atoms with Gasteiger partial charge < -0.3 is 20.8 Å². The maximum atomic E-state index is 11.5. The van der Waals surface area contributed by atoms with E-state index in [4.69, 9.17) is 10.8 Å². The molecule has 0 radical (unpaired) electrons. The number of amides is 1. The molecule has 0 spiro atoms. The molecule has 0 fully saturated rings. The van der Waals surface area contributed by atoms with Crippen molar-refractivity contribution in [3.63, 3.8) is 0 Å². The topological polar surface area (TPSA) is 99.7 Å². The number of hydrogen-bond donors (Lipinski definition) is 3. The van der Waals surface area contributed by atoms with Crippen LogP contribution in [0.1, 0.15) is 24.6 Å². The molecule has 0 saturated heterocycles. The molecule has 1 aromatic heterocycles. The van der Waals surface area contributed by atoms with Crippen LogP contribution >= 0.6 is 21.6 Å². The second-order valence-corrected chi connectivity index (χ2v) is 7.35. The van der Waals surface area contributed by atoms with Gasteiger partial charge >= 0.3 is 0 Å². The number of aliphatic hydroxyl groups excluding tert-OH is 2. The highest BCUT2D eigenvalue weighted by Crippen LogP contribution is 2.35. The van der Waals surface area contributed by atoms with E-state index in [-0.39, 0.29) is 13.2 Å². The van der Waals surface area contributed by atoms with Crippen molar-refractivity contribution in [3.05, 3.63) is 34.0 Å². The van der Waals surface area contributed by atoms with Crippen LogP contribution < -0.4 is 5.73 Å². The van der Waals surface area contributed by atoms with Gasteiger partial charge in [-0.05, 0) is 19.9 Å². The van der Waals surface area contributed by atoms with Gasteiger partial charge in [0.15, 0.2) is 0 Å². The van der Waals surface area contributed by atoms with E-state index in [1.54, 1.807) is 4.90 Å². The number of nitrogen functional groups attached to an aromatic ring is 1. The molecule has 128 valence electrons. The third-order valence-corrected chi connectivity index (χ3v) is 5.75. The Morgan fingerprint density at radius 2 is 2.13 bits per heavy atom. The summed E-state index contributed by atoms with van der Waals surface area (Å²) in [6, 6.07) is 3.72. The Hall–Kier alpha value is -1.22. The summed E-state index contributed by atoms with van der Waals surface area (Å²) in [4.78, 5) is 18.1. The van der Waals surface area contributed by atoms with E-state index >= 15 is 0 Å². The molecule has 1 heterocycles. The number of hydrogen-bond acceptors (Lipinski definition) is 7. The molecule has 0 aromatic carbocycles. The standard InChI is InChI=1S/C15H23N3O3S2/c1-11-3-4-13(15(16)17-11)9-18(10-21)12(2)14(5-6-19)23-22-8-7-20/h3-4,10,19-20H,5-9H2,1-2H3,(H2,16,17)/b14-12-. The van der Waals surface area contributed by atoms with Gasteiger partial charge in [-0.1, -0.05) is 27.7 Å². The number of carbonyl (C=O) groups is 1. The van der Waals surface area contributed by atoms with Crippen molar-refractivity contribution in [1.29, 1.82) is 0 Å². The Labute approximate surface area is 144 Å². The molecule has 1 amide bonds. The highest BCUT2D eigenvalue weighted by atomic mass is 33.1. The molecule has 0 saturated carbocycles. The quantitative estimate of drug-likeness (QED) is 0.334. The summed E-state index contributed by atoms with van der Waals surface area (Å²) >= 11 is 0. The fourth-order valence-electron chi connectivity index (χ4n) is 1.85. The Bertz CT molecular complexity index is 553. The predicted octanol–water partition coefficient (Wildman–Crippen LogP) is 1.92. The monoisotopic (exact) mass is 357 g/mol. The number of carbonyl (C=O) groups excluding carboxylic acids is 1. The van der Waals surface area contributed by atoms with Crippen LogP contribution in [0, 0.1) is 6.92 Å².